The zero-order chi connectivity index (χ0) is 15.0. The number of hydrogen-bond acceptors (Lipinski definition) is 4. The number of alkyl carbamates (subject to hydrolysis) is 1. The van der Waals surface area contributed by atoms with Crippen molar-refractivity contribution in [1.29, 1.82) is 0 Å². The maximum Gasteiger partial charge on any atom is 0.407 e. The fourth-order valence-corrected chi connectivity index (χ4v) is 1.47. The van der Waals surface area contributed by atoms with Gasteiger partial charge in [0.25, 0.3) is 0 Å². The van der Waals surface area contributed by atoms with Gasteiger partial charge in [0.05, 0.1) is 12.2 Å². The minimum atomic E-state index is -0.497. The Labute approximate surface area is 119 Å². The van der Waals surface area contributed by atoms with E-state index < -0.39 is 11.7 Å². The predicted molar refractivity (Wildman–Crippen MR) is 76.2 cm³/mol. The number of benzene rings is 1. The summed E-state index contributed by atoms with van der Waals surface area (Å²) >= 11 is 0. The third kappa shape index (κ3) is 6.22. The highest BCUT2D eigenvalue weighted by Gasteiger charge is 2.15. The van der Waals surface area contributed by atoms with Crippen LogP contribution < -0.4 is 10.1 Å². The van der Waals surface area contributed by atoms with Crippen molar-refractivity contribution in [2.75, 3.05) is 13.2 Å². The maximum atomic E-state index is 11.4. The molecule has 0 bridgehead atoms. The van der Waals surface area contributed by atoms with Crippen molar-refractivity contribution < 1.29 is 19.1 Å². The molecule has 1 aromatic carbocycles. The second-order valence-electron chi connectivity index (χ2n) is 5.29. The molecule has 1 rings (SSSR count). The molecule has 5 heteroatoms. The largest absolute Gasteiger partial charge is 0.493 e. The van der Waals surface area contributed by atoms with E-state index in [2.05, 4.69) is 5.32 Å². The van der Waals surface area contributed by atoms with Gasteiger partial charge in [-0.2, -0.15) is 0 Å². The Morgan fingerprint density at radius 2 is 2.00 bits per heavy atom. The summed E-state index contributed by atoms with van der Waals surface area (Å²) in [6, 6.07) is 7.02. The molecule has 1 N–H and O–H groups in total. The predicted octanol–water partition coefficient (Wildman–Crippen LogP) is 2.79. The van der Waals surface area contributed by atoms with E-state index in [-0.39, 0.29) is 0 Å². The first-order valence-corrected chi connectivity index (χ1v) is 6.56. The Morgan fingerprint density at radius 1 is 1.30 bits per heavy atom. The van der Waals surface area contributed by atoms with Crippen molar-refractivity contribution in [2.24, 2.45) is 0 Å². The monoisotopic (exact) mass is 279 g/mol. The number of rotatable bonds is 6. The highest BCUT2D eigenvalue weighted by atomic mass is 16.6. The summed E-state index contributed by atoms with van der Waals surface area (Å²) in [4.78, 5) is 22.2. The van der Waals surface area contributed by atoms with E-state index in [0.29, 0.717) is 30.9 Å². The van der Waals surface area contributed by atoms with Gasteiger partial charge in [0.1, 0.15) is 11.4 Å². The van der Waals surface area contributed by atoms with Gasteiger partial charge in [0.15, 0.2) is 6.29 Å². The molecule has 0 radical (unpaired) electrons. The average Bonchev–Trinajstić information content (AvgIpc) is 2.36. The van der Waals surface area contributed by atoms with Crippen molar-refractivity contribution in [1.82, 2.24) is 5.32 Å². The first kappa shape index (κ1) is 16.0. The Bertz CT molecular complexity index is 451. The van der Waals surface area contributed by atoms with Crippen molar-refractivity contribution in [2.45, 2.75) is 32.8 Å². The molecular weight excluding hydrogens is 258 g/mol. The zero-order valence-corrected chi connectivity index (χ0v) is 12.1. The number of carbonyl (C=O) groups is 2. The molecule has 5 nitrogen and oxygen atoms in total. The Balaban J connectivity index is 2.22. The summed E-state index contributed by atoms with van der Waals surface area (Å²) in [5, 5.41) is 2.64. The molecule has 0 aliphatic rings. The molecule has 0 aliphatic carbocycles. The zero-order valence-electron chi connectivity index (χ0n) is 12.1. The van der Waals surface area contributed by atoms with Crippen LogP contribution in [0, 0.1) is 0 Å². The molecule has 1 aromatic rings. The van der Waals surface area contributed by atoms with Gasteiger partial charge < -0.3 is 14.8 Å². The summed E-state index contributed by atoms with van der Waals surface area (Å²) in [5.41, 5.74) is 0.0244. The SMILES string of the molecule is CC(C)(C)OC(=O)NCCCOc1ccccc1C=O. The van der Waals surface area contributed by atoms with Gasteiger partial charge in [-0.15, -0.1) is 0 Å². The highest BCUT2D eigenvalue weighted by Crippen LogP contribution is 2.15. The Kier molecular flexibility index (Phi) is 6.03. The van der Waals surface area contributed by atoms with E-state index in [1.807, 2.05) is 20.8 Å². The normalized spacial score (nSPS) is 10.8. The van der Waals surface area contributed by atoms with Crippen LogP contribution in [0.5, 0.6) is 5.75 Å². The van der Waals surface area contributed by atoms with Crippen LogP contribution in [0.3, 0.4) is 0 Å². The molecule has 0 aliphatic heterocycles. The number of para-hydroxylation sites is 1. The number of nitrogens with one attached hydrogen (secondary N) is 1. The van der Waals surface area contributed by atoms with E-state index in [0.717, 1.165) is 6.29 Å². The molecule has 0 fully saturated rings. The number of carbonyl (C=O) groups excluding carboxylic acids is 2. The van der Waals surface area contributed by atoms with Crippen LogP contribution in [0.25, 0.3) is 0 Å². The summed E-state index contributed by atoms with van der Waals surface area (Å²) in [6.07, 6.45) is 0.951. The Morgan fingerprint density at radius 3 is 2.65 bits per heavy atom. The quantitative estimate of drug-likeness (QED) is 0.642. The summed E-state index contributed by atoms with van der Waals surface area (Å²) < 4.78 is 10.6. The maximum absolute atomic E-state index is 11.4. The van der Waals surface area contributed by atoms with Gasteiger partial charge in [-0.3, -0.25) is 4.79 Å². The second kappa shape index (κ2) is 7.53. The van der Waals surface area contributed by atoms with Crippen LogP contribution in [0.4, 0.5) is 4.79 Å². The van der Waals surface area contributed by atoms with Gasteiger partial charge in [0.2, 0.25) is 0 Å². The molecule has 0 spiro atoms. The molecule has 1 amide bonds. The molecule has 0 heterocycles. The first-order valence-electron chi connectivity index (χ1n) is 6.56. The van der Waals surface area contributed by atoms with Crippen LogP contribution in [0.15, 0.2) is 24.3 Å². The summed E-state index contributed by atoms with van der Waals surface area (Å²) in [6.45, 7) is 6.31. The number of amides is 1. The van der Waals surface area contributed by atoms with Crippen molar-refractivity contribution in [3.05, 3.63) is 29.8 Å². The fourth-order valence-electron chi connectivity index (χ4n) is 1.47. The van der Waals surface area contributed by atoms with E-state index >= 15 is 0 Å². The highest BCUT2D eigenvalue weighted by molar-refractivity contribution is 5.79. The minimum Gasteiger partial charge on any atom is -0.493 e. The third-order valence-corrected chi connectivity index (χ3v) is 2.29. The van der Waals surface area contributed by atoms with Gasteiger partial charge in [-0.1, -0.05) is 12.1 Å². The van der Waals surface area contributed by atoms with Crippen molar-refractivity contribution in [3.8, 4) is 5.75 Å². The smallest absolute Gasteiger partial charge is 0.407 e. The van der Waals surface area contributed by atoms with E-state index in [4.69, 9.17) is 9.47 Å². The average molecular weight is 279 g/mol. The van der Waals surface area contributed by atoms with Crippen molar-refractivity contribution >= 4 is 12.4 Å². The first-order chi connectivity index (χ1) is 9.42. The van der Waals surface area contributed by atoms with Crippen LogP contribution in [0.2, 0.25) is 0 Å². The lowest BCUT2D eigenvalue weighted by molar-refractivity contribution is 0.0525. The molecule has 20 heavy (non-hydrogen) atoms. The Hall–Kier alpha value is -2.04. The lowest BCUT2D eigenvalue weighted by Gasteiger charge is -2.19. The molecule has 0 atom stereocenters. The fraction of sp³-hybridized carbons (Fsp3) is 0.467. The van der Waals surface area contributed by atoms with Gasteiger partial charge >= 0.3 is 6.09 Å². The van der Waals surface area contributed by atoms with E-state index in [1.165, 1.54) is 0 Å². The number of hydrogen-bond donors (Lipinski definition) is 1. The van der Waals surface area contributed by atoms with Crippen LogP contribution in [-0.2, 0) is 4.74 Å². The van der Waals surface area contributed by atoms with Gasteiger partial charge in [-0.05, 0) is 39.3 Å². The molecule has 0 saturated carbocycles. The summed E-state index contributed by atoms with van der Waals surface area (Å²) in [7, 11) is 0. The van der Waals surface area contributed by atoms with E-state index in [9.17, 15) is 9.59 Å². The standard InChI is InChI=1S/C15H21NO4/c1-15(2,3)20-14(18)16-9-6-10-19-13-8-5-4-7-12(13)11-17/h4-5,7-8,11H,6,9-10H2,1-3H3,(H,16,18). The van der Waals surface area contributed by atoms with E-state index in [1.54, 1.807) is 24.3 Å². The molecule has 0 unspecified atom stereocenters. The van der Waals surface area contributed by atoms with Crippen molar-refractivity contribution in [3.63, 3.8) is 0 Å². The number of aldehydes is 1. The van der Waals surface area contributed by atoms with Gasteiger partial charge in [0, 0.05) is 6.54 Å². The topological polar surface area (TPSA) is 64.6 Å². The molecule has 110 valence electrons. The minimum absolute atomic E-state index is 0.417. The van der Waals surface area contributed by atoms with Crippen LogP contribution in [0.1, 0.15) is 37.6 Å². The van der Waals surface area contributed by atoms with Crippen LogP contribution >= 0.6 is 0 Å². The number of ether oxygens (including phenoxy) is 2. The molecular formula is C15H21NO4. The molecule has 0 aromatic heterocycles. The lowest BCUT2D eigenvalue weighted by atomic mass is 10.2. The third-order valence-electron chi connectivity index (χ3n) is 2.29. The lowest BCUT2D eigenvalue weighted by Crippen LogP contribution is -2.33. The van der Waals surface area contributed by atoms with Crippen LogP contribution in [-0.4, -0.2) is 31.1 Å². The molecule has 0 saturated heterocycles. The second-order valence-corrected chi connectivity index (χ2v) is 5.29. The van der Waals surface area contributed by atoms with Gasteiger partial charge in [-0.25, -0.2) is 4.79 Å². The summed E-state index contributed by atoms with van der Waals surface area (Å²) in [5.74, 6) is 0.555.